The molecule has 3 heteroatoms. The molecule has 0 spiro atoms. The van der Waals surface area contributed by atoms with Crippen molar-refractivity contribution in [3.63, 3.8) is 0 Å². The zero-order valence-electron chi connectivity index (χ0n) is 28.8. The maximum absolute atomic E-state index is 5.28. The molecule has 0 amide bonds. The number of benzene rings is 7. The van der Waals surface area contributed by atoms with Crippen molar-refractivity contribution in [2.75, 3.05) is 0 Å². The molecule has 1 aromatic heterocycles. The fourth-order valence-corrected chi connectivity index (χ4v) is 7.99. The molecule has 51 heavy (non-hydrogen) atoms. The number of rotatable bonds is 7. The minimum atomic E-state index is -0.0503. The third-order valence-electron chi connectivity index (χ3n) is 10.6. The predicted octanol–water partition coefficient (Wildman–Crippen LogP) is 12.1. The second kappa shape index (κ2) is 12.2. The molecular formula is C48H37N3. The van der Waals surface area contributed by atoms with Crippen LogP contribution >= 0.6 is 0 Å². The molecule has 244 valence electrons. The van der Waals surface area contributed by atoms with E-state index in [0.717, 1.165) is 33.8 Å². The summed E-state index contributed by atoms with van der Waals surface area (Å²) in [7, 11) is 0. The van der Waals surface area contributed by atoms with Crippen molar-refractivity contribution in [1.82, 2.24) is 4.57 Å². The third-order valence-corrected chi connectivity index (χ3v) is 10.6. The number of aromatic nitrogens is 1. The number of fused-ring (bicyclic) bond motifs is 6. The quantitative estimate of drug-likeness (QED) is 0.153. The zero-order valence-corrected chi connectivity index (χ0v) is 28.8. The van der Waals surface area contributed by atoms with Crippen LogP contribution in [-0.2, 0) is 12.0 Å². The Hall–Kier alpha value is -6.32. The number of para-hydroxylation sites is 3. The lowest BCUT2D eigenvalue weighted by atomic mass is 9.82. The van der Waals surface area contributed by atoms with Gasteiger partial charge in [-0.1, -0.05) is 147 Å². The van der Waals surface area contributed by atoms with Crippen molar-refractivity contribution in [2.24, 2.45) is 9.98 Å². The van der Waals surface area contributed by atoms with Crippen molar-refractivity contribution in [2.45, 2.75) is 25.8 Å². The highest BCUT2D eigenvalue weighted by Gasteiger charge is 2.35. The Labute approximate surface area is 298 Å². The Bertz CT molecular complexity index is 2580. The summed E-state index contributed by atoms with van der Waals surface area (Å²) in [5, 5.41) is 2.54. The van der Waals surface area contributed by atoms with Crippen LogP contribution in [0.25, 0.3) is 49.7 Å². The van der Waals surface area contributed by atoms with Crippen molar-refractivity contribution in [3.8, 4) is 27.9 Å². The van der Waals surface area contributed by atoms with E-state index in [-0.39, 0.29) is 5.41 Å². The van der Waals surface area contributed by atoms with Gasteiger partial charge in [0.1, 0.15) is 0 Å². The average Bonchev–Trinajstić information content (AvgIpc) is 3.64. The number of nitrogens with zero attached hydrogens (tertiary/aromatic N) is 3. The third kappa shape index (κ3) is 5.13. The van der Waals surface area contributed by atoms with Crippen LogP contribution in [0.15, 0.2) is 174 Å². The molecule has 0 aliphatic heterocycles. The Kier molecular flexibility index (Phi) is 7.36. The van der Waals surface area contributed by atoms with Gasteiger partial charge in [0.25, 0.3) is 0 Å². The molecule has 1 aliphatic rings. The second-order valence-corrected chi connectivity index (χ2v) is 13.9. The van der Waals surface area contributed by atoms with E-state index in [9.17, 15) is 0 Å². The molecule has 0 atom stereocenters. The van der Waals surface area contributed by atoms with Crippen molar-refractivity contribution in [1.29, 1.82) is 0 Å². The first-order valence-corrected chi connectivity index (χ1v) is 17.5. The summed E-state index contributed by atoms with van der Waals surface area (Å²) in [5.74, 6) is 0. The summed E-state index contributed by atoms with van der Waals surface area (Å²) < 4.78 is 2.35. The summed E-state index contributed by atoms with van der Waals surface area (Å²) in [5.41, 5.74) is 16.2. The van der Waals surface area contributed by atoms with E-state index in [1.165, 1.54) is 55.2 Å². The summed E-state index contributed by atoms with van der Waals surface area (Å²) in [6.07, 6.45) is 0. The van der Waals surface area contributed by atoms with Gasteiger partial charge in [0, 0.05) is 33.0 Å². The average molecular weight is 656 g/mol. The lowest BCUT2D eigenvalue weighted by Crippen LogP contribution is -2.15. The minimum Gasteiger partial charge on any atom is -0.309 e. The van der Waals surface area contributed by atoms with Gasteiger partial charge in [-0.3, -0.25) is 9.98 Å². The van der Waals surface area contributed by atoms with Gasteiger partial charge >= 0.3 is 0 Å². The lowest BCUT2D eigenvalue weighted by Gasteiger charge is -2.21. The maximum Gasteiger partial charge on any atom is 0.0744 e. The molecule has 0 saturated heterocycles. The first kappa shape index (κ1) is 30.7. The lowest BCUT2D eigenvalue weighted by molar-refractivity contribution is 0.659. The topological polar surface area (TPSA) is 29.6 Å². The molecule has 7 aromatic carbocycles. The zero-order chi connectivity index (χ0) is 34.5. The Balaban J connectivity index is 1.05. The van der Waals surface area contributed by atoms with Crippen LogP contribution in [-0.4, -0.2) is 17.0 Å². The van der Waals surface area contributed by atoms with Gasteiger partial charge < -0.3 is 4.57 Å². The molecule has 9 rings (SSSR count). The van der Waals surface area contributed by atoms with E-state index in [0.29, 0.717) is 6.54 Å². The minimum absolute atomic E-state index is 0.0503. The van der Waals surface area contributed by atoms with Crippen LogP contribution in [0, 0.1) is 0 Å². The summed E-state index contributed by atoms with van der Waals surface area (Å²) in [6, 6.07) is 58.6. The van der Waals surface area contributed by atoms with Gasteiger partial charge in [0.15, 0.2) is 0 Å². The summed E-state index contributed by atoms with van der Waals surface area (Å²) in [6.45, 7) is 9.07. The monoisotopic (exact) mass is 655 g/mol. The summed E-state index contributed by atoms with van der Waals surface area (Å²) in [4.78, 5) is 9.64. The van der Waals surface area contributed by atoms with Gasteiger partial charge in [-0.15, -0.1) is 0 Å². The van der Waals surface area contributed by atoms with E-state index in [1.54, 1.807) is 0 Å². The van der Waals surface area contributed by atoms with Crippen LogP contribution in [0.2, 0.25) is 0 Å². The largest absolute Gasteiger partial charge is 0.309 e. The van der Waals surface area contributed by atoms with Gasteiger partial charge in [0.2, 0.25) is 0 Å². The molecule has 1 heterocycles. The molecular weight excluding hydrogens is 619 g/mol. The van der Waals surface area contributed by atoms with Crippen molar-refractivity contribution >= 4 is 39.9 Å². The van der Waals surface area contributed by atoms with Crippen LogP contribution in [0.5, 0.6) is 0 Å². The smallest absolute Gasteiger partial charge is 0.0744 e. The Morgan fingerprint density at radius 3 is 1.88 bits per heavy atom. The van der Waals surface area contributed by atoms with Crippen LogP contribution in [0.1, 0.15) is 41.7 Å². The first-order chi connectivity index (χ1) is 25.0. The highest BCUT2D eigenvalue weighted by Crippen LogP contribution is 2.48. The SMILES string of the molecule is C=Nc1ccccc1C(=NCc1ccc2c(c1)C(C)(C)c1ccccc1-2)c1ccc(-c2ccc(-n3c4ccccc4c4ccccc43)cc2)cc1. The normalized spacial score (nSPS) is 13.3. The van der Waals surface area contributed by atoms with Crippen molar-refractivity contribution < 1.29 is 0 Å². The molecule has 0 N–H and O–H groups in total. The molecule has 0 saturated carbocycles. The van der Waals surface area contributed by atoms with Gasteiger partial charge in [-0.05, 0) is 76.0 Å². The number of hydrogen-bond acceptors (Lipinski definition) is 2. The van der Waals surface area contributed by atoms with Crippen LogP contribution in [0.4, 0.5) is 5.69 Å². The van der Waals surface area contributed by atoms with Gasteiger partial charge in [-0.25, -0.2) is 0 Å². The molecule has 3 nitrogen and oxygen atoms in total. The van der Waals surface area contributed by atoms with Gasteiger partial charge in [-0.2, -0.15) is 0 Å². The number of aliphatic imine (C=N–C) groups is 2. The van der Waals surface area contributed by atoms with Crippen LogP contribution in [0.3, 0.4) is 0 Å². The van der Waals surface area contributed by atoms with E-state index < -0.39 is 0 Å². The Morgan fingerprint density at radius 1 is 0.588 bits per heavy atom. The Morgan fingerprint density at radius 2 is 1.18 bits per heavy atom. The highest BCUT2D eigenvalue weighted by molar-refractivity contribution is 6.16. The van der Waals surface area contributed by atoms with Gasteiger partial charge in [0.05, 0.1) is 29.0 Å². The number of hydrogen-bond donors (Lipinski definition) is 0. The highest BCUT2D eigenvalue weighted by atomic mass is 15.0. The maximum atomic E-state index is 5.28. The van der Waals surface area contributed by atoms with E-state index >= 15 is 0 Å². The molecule has 0 radical (unpaired) electrons. The van der Waals surface area contributed by atoms with E-state index in [1.807, 2.05) is 18.2 Å². The summed E-state index contributed by atoms with van der Waals surface area (Å²) >= 11 is 0. The molecule has 8 aromatic rings. The predicted molar refractivity (Wildman–Crippen MR) is 215 cm³/mol. The molecule has 0 bridgehead atoms. The molecule has 0 unspecified atom stereocenters. The fraction of sp³-hybridized carbons (Fsp3) is 0.0833. The van der Waals surface area contributed by atoms with E-state index in [2.05, 4.69) is 176 Å². The van der Waals surface area contributed by atoms with E-state index in [4.69, 9.17) is 4.99 Å². The second-order valence-electron chi connectivity index (χ2n) is 13.9. The molecule has 0 fully saturated rings. The van der Waals surface area contributed by atoms with Crippen molar-refractivity contribution in [3.05, 3.63) is 192 Å². The fourth-order valence-electron chi connectivity index (χ4n) is 7.99. The van der Waals surface area contributed by atoms with Crippen LogP contribution < -0.4 is 0 Å². The molecule has 1 aliphatic carbocycles. The first-order valence-electron chi connectivity index (χ1n) is 17.5. The standard InChI is InChI=1S/C48H37N3/c1-48(2)42-16-8-4-12-37(42)38-29-20-32(30-43(38)48)31-50-47(41-15-5-9-17-44(41)49-3)35-23-21-33(22-24-35)34-25-27-36(28-26-34)51-45-18-10-6-13-39(45)40-14-7-11-19-46(40)51/h4-30H,3,31H2,1-2H3.